The second-order valence-electron chi connectivity index (χ2n) is 11.0. The van der Waals surface area contributed by atoms with E-state index in [4.69, 9.17) is 14.7 Å². The van der Waals surface area contributed by atoms with Crippen molar-refractivity contribution in [3.63, 3.8) is 0 Å². The summed E-state index contributed by atoms with van der Waals surface area (Å²) >= 11 is 1.82. The molecule has 4 nitrogen and oxygen atoms in total. The van der Waals surface area contributed by atoms with Gasteiger partial charge in [-0.2, -0.15) is 0 Å². The summed E-state index contributed by atoms with van der Waals surface area (Å²) in [5, 5.41) is 7.36. The van der Waals surface area contributed by atoms with Crippen LogP contribution >= 0.6 is 11.3 Å². The van der Waals surface area contributed by atoms with Crippen LogP contribution in [0.4, 0.5) is 0 Å². The summed E-state index contributed by atoms with van der Waals surface area (Å²) in [6.45, 7) is 0. The number of fused-ring (bicyclic) bond motifs is 9. The first kappa shape index (κ1) is 25.0. The Kier molecular flexibility index (Phi) is 5.55. The average molecular weight is 584 g/mol. The minimum atomic E-state index is 0.699. The fourth-order valence-corrected chi connectivity index (χ4v) is 7.61. The third kappa shape index (κ3) is 3.76. The lowest BCUT2D eigenvalue weighted by molar-refractivity contribution is 0.415. The van der Waals surface area contributed by atoms with Crippen LogP contribution in [-0.2, 0) is 0 Å². The highest BCUT2D eigenvalue weighted by molar-refractivity contribution is 7.26. The Morgan fingerprint density at radius 1 is 0.568 bits per heavy atom. The van der Waals surface area contributed by atoms with Crippen LogP contribution in [0, 0.1) is 0 Å². The number of thiophene rings is 1. The van der Waals surface area contributed by atoms with E-state index in [0.717, 1.165) is 39.4 Å². The van der Waals surface area contributed by atoms with Crippen molar-refractivity contribution in [2.45, 2.75) is 0 Å². The van der Waals surface area contributed by atoms with E-state index in [1.807, 2.05) is 41.7 Å². The van der Waals surface area contributed by atoms with Crippen LogP contribution in [0.5, 0.6) is 5.75 Å². The molecule has 0 amide bonds. The van der Waals surface area contributed by atoms with Crippen molar-refractivity contribution in [2.24, 2.45) is 0 Å². The molecule has 0 atom stereocenters. The highest BCUT2D eigenvalue weighted by Gasteiger charge is 2.21. The molecular formula is C39H25N3OS. The third-order valence-corrected chi connectivity index (χ3v) is 9.64. The molecule has 0 N–H and O–H groups in total. The summed E-state index contributed by atoms with van der Waals surface area (Å²) in [6, 6.07) is 46.7. The minimum absolute atomic E-state index is 0.699. The molecule has 3 aromatic heterocycles. The Hall–Kier alpha value is -5.52. The Morgan fingerprint density at radius 2 is 1.27 bits per heavy atom. The summed E-state index contributed by atoms with van der Waals surface area (Å²) in [5.41, 5.74) is 5.15. The van der Waals surface area contributed by atoms with Crippen LogP contribution < -0.4 is 4.74 Å². The van der Waals surface area contributed by atoms with E-state index in [1.54, 1.807) is 7.11 Å². The molecular weight excluding hydrogens is 559 g/mol. The van der Waals surface area contributed by atoms with E-state index in [9.17, 15) is 0 Å². The molecule has 0 bridgehead atoms. The van der Waals surface area contributed by atoms with Crippen molar-refractivity contribution in [1.29, 1.82) is 0 Å². The molecule has 3 heterocycles. The number of rotatable bonds is 4. The first-order chi connectivity index (χ1) is 21.8. The fraction of sp³-hybridized carbons (Fsp3) is 0.0256. The Balaban J connectivity index is 1.46. The number of hydrogen-bond donors (Lipinski definition) is 0. The Morgan fingerprint density at radius 3 is 2.09 bits per heavy atom. The quantitative estimate of drug-likeness (QED) is 0.207. The third-order valence-electron chi connectivity index (χ3n) is 8.50. The van der Waals surface area contributed by atoms with Crippen molar-refractivity contribution in [2.75, 3.05) is 7.11 Å². The maximum Gasteiger partial charge on any atom is 0.162 e. The van der Waals surface area contributed by atoms with Crippen LogP contribution in [0.3, 0.4) is 0 Å². The maximum atomic E-state index is 5.68. The normalized spacial score (nSPS) is 11.8. The van der Waals surface area contributed by atoms with Gasteiger partial charge in [-0.1, -0.05) is 91.0 Å². The smallest absolute Gasteiger partial charge is 0.162 e. The van der Waals surface area contributed by atoms with Gasteiger partial charge in [-0.15, -0.1) is 11.3 Å². The molecule has 0 fully saturated rings. The lowest BCUT2D eigenvalue weighted by Gasteiger charge is -2.12. The monoisotopic (exact) mass is 583 g/mol. The van der Waals surface area contributed by atoms with Crippen LogP contribution in [0.2, 0.25) is 0 Å². The van der Waals surface area contributed by atoms with Gasteiger partial charge in [0.05, 0.1) is 23.8 Å². The van der Waals surface area contributed by atoms with E-state index >= 15 is 0 Å². The maximum absolute atomic E-state index is 5.68. The average Bonchev–Trinajstić information content (AvgIpc) is 3.64. The predicted octanol–water partition coefficient (Wildman–Crippen LogP) is 10.4. The number of hydrogen-bond acceptors (Lipinski definition) is 4. The van der Waals surface area contributed by atoms with E-state index in [0.29, 0.717) is 5.82 Å². The summed E-state index contributed by atoms with van der Waals surface area (Å²) in [7, 11) is 1.73. The fourth-order valence-electron chi connectivity index (χ4n) is 6.51. The van der Waals surface area contributed by atoms with Gasteiger partial charge in [-0.3, -0.25) is 4.57 Å². The standard InChI is InChI=1S/C39H25N3OS/c1-43-27-17-20-33-29(22-27)37-34(44-33)21-19-32-38(37)36-28-15-9-8-10-24(28)16-18-31(36)42(32)35-23-30(25-11-4-2-5-12-25)40-39(41-35)26-13-6-3-7-14-26/h2-23H,1H3. The molecule has 0 unspecified atom stereocenters. The van der Waals surface area contributed by atoms with Crippen LogP contribution in [0.1, 0.15) is 0 Å². The van der Waals surface area contributed by atoms with Gasteiger partial charge >= 0.3 is 0 Å². The van der Waals surface area contributed by atoms with Crippen molar-refractivity contribution in [1.82, 2.24) is 14.5 Å². The van der Waals surface area contributed by atoms with Crippen LogP contribution in [0.15, 0.2) is 133 Å². The topological polar surface area (TPSA) is 39.9 Å². The molecule has 0 aliphatic carbocycles. The summed E-state index contributed by atoms with van der Waals surface area (Å²) in [4.78, 5) is 10.3. The van der Waals surface area contributed by atoms with Gasteiger partial charge in [-0.25, -0.2) is 9.97 Å². The van der Waals surface area contributed by atoms with E-state index in [-0.39, 0.29) is 0 Å². The molecule has 9 aromatic rings. The first-order valence-electron chi connectivity index (χ1n) is 14.6. The van der Waals surface area contributed by atoms with E-state index in [1.165, 1.54) is 41.7 Å². The number of aromatic nitrogens is 3. The molecule has 0 aliphatic rings. The van der Waals surface area contributed by atoms with Crippen molar-refractivity contribution >= 4 is 64.1 Å². The highest BCUT2D eigenvalue weighted by atomic mass is 32.1. The van der Waals surface area contributed by atoms with Gasteiger partial charge in [0.1, 0.15) is 11.6 Å². The molecule has 44 heavy (non-hydrogen) atoms. The van der Waals surface area contributed by atoms with Gasteiger partial charge in [0.25, 0.3) is 0 Å². The second-order valence-corrected chi connectivity index (χ2v) is 12.1. The van der Waals surface area contributed by atoms with Crippen LogP contribution in [-0.4, -0.2) is 21.6 Å². The van der Waals surface area contributed by atoms with Crippen molar-refractivity contribution < 1.29 is 4.74 Å². The van der Waals surface area contributed by atoms with E-state index < -0.39 is 0 Å². The highest BCUT2D eigenvalue weighted by Crippen LogP contribution is 2.46. The number of methoxy groups -OCH3 is 1. The number of benzene rings is 6. The molecule has 0 saturated carbocycles. The molecule has 0 radical (unpaired) electrons. The zero-order chi connectivity index (χ0) is 29.2. The first-order valence-corrected chi connectivity index (χ1v) is 15.4. The zero-order valence-corrected chi connectivity index (χ0v) is 24.7. The predicted molar refractivity (Wildman–Crippen MR) is 184 cm³/mol. The Bertz CT molecular complexity index is 2470. The summed E-state index contributed by atoms with van der Waals surface area (Å²) in [5.74, 6) is 2.40. The van der Waals surface area contributed by atoms with E-state index in [2.05, 4.69) is 108 Å². The van der Waals surface area contributed by atoms with Crippen molar-refractivity contribution in [3.8, 4) is 34.2 Å². The molecule has 0 saturated heterocycles. The molecule has 0 aliphatic heterocycles. The van der Waals surface area contributed by atoms with Gasteiger partial charge in [0.2, 0.25) is 0 Å². The van der Waals surface area contributed by atoms with Crippen LogP contribution in [0.25, 0.3) is 81.2 Å². The largest absolute Gasteiger partial charge is 0.497 e. The molecule has 9 rings (SSSR count). The number of nitrogens with zero attached hydrogens (tertiary/aromatic N) is 3. The zero-order valence-electron chi connectivity index (χ0n) is 23.9. The SMILES string of the molecule is COc1ccc2sc3ccc4c(c3c2c1)c1c2ccccc2ccc1n4-c1cc(-c2ccccc2)nc(-c2ccccc2)n1. The molecule has 6 aromatic carbocycles. The summed E-state index contributed by atoms with van der Waals surface area (Å²) < 4.78 is 10.5. The lowest BCUT2D eigenvalue weighted by Crippen LogP contribution is -2.02. The molecule has 5 heteroatoms. The lowest BCUT2D eigenvalue weighted by atomic mass is 10.0. The molecule has 208 valence electrons. The van der Waals surface area contributed by atoms with Gasteiger partial charge in [-0.05, 0) is 47.2 Å². The Labute approximate surface area is 257 Å². The summed E-state index contributed by atoms with van der Waals surface area (Å²) in [6.07, 6.45) is 0. The number of ether oxygens (including phenoxy) is 1. The van der Waals surface area contributed by atoms with Gasteiger partial charge in [0.15, 0.2) is 5.82 Å². The van der Waals surface area contributed by atoms with Crippen molar-refractivity contribution in [3.05, 3.63) is 133 Å². The minimum Gasteiger partial charge on any atom is -0.497 e. The molecule has 0 spiro atoms. The van der Waals surface area contributed by atoms with Gasteiger partial charge < -0.3 is 4.74 Å². The second kappa shape index (κ2) is 9.76. The van der Waals surface area contributed by atoms with Gasteiger partial charge in [0, 0.05) is 48.1 Å².